The third-order valence-electron chi connectivity index (χ3n) is 3.62. The molecule has 4 nitrogen and oxygen atoms in total. The van der Waals surface area contributed by atoms with E-state index in [9.17, 15) is 0 Å². The fourth-order valence-corrected chi connectivity index (χ4v) is 2.47. The minimum absolute atomic E-state index is 0.312. The van der Waals surface area contributed by atoms with E-state index in [4.69, 9.17) is 0 Å². The molecule has 1 aliphatic rings. The molecule has 0 saturated heterocycles. The first-order valence-corrected chi connectivity index (χ1v) is 6.54. The number of hydrogen-bond acceptors (Lipinski definition) is 3. The van der Waals surface area contributed by atoms with Crippen molar-refractivity contribution in [2.45, 2.75) is 18.9 Å². The van der Waals surface area contributed by atoms with E-state index in [1.54, 1.807) is 0 Å². The van der Waals surface area contributed by atoms with Crippen LogP contribution in [0.1, 0.15) is 29.7 Å². The van der Waals surface area contributed by atoms with Crippen molar-refractivity contribution in [3.8, 4) is 0 Å². The predicted molar refractivity (Wildman–Crippen MR) is 75.6 cm³/mol. The van der Waals surface area contributed by atoms with Crippen molar-refractivity contribution in [2.75, 3.05) is 14.1 Å². The van der Waals surface area contributed by atoms with E-state index in [2.05, 4.69) is 45.6 Å². The van der Waals surface area contributed by atoms with Crippen LogP contribution in [0.3, 0.4) is 0 Å². The maximum Gasteiger partial charge on any atom is 0.197 e. The number of benzene rings is 1. The van der Waals surface area contributed by atoms with Crippen LogP contribution in [-0.4, -0.2) is 33.8 Å². The molecular weight excluding hydrogens is 236 g/mol. The lowest BCUT2D eigenvalue weighted by molar-refractivity contribution is 0.543. The van der Waals surface area contributed by atoms with Gasteiger partial charge >= 0.3 is 0 Å². The second kappa shape index (κ2) is 4.53. The Balaban J connectivity index is 1.95. The van der Waals surface area contributed by atoms with E-state index in [0.717, 1.165) is 30.2 Å². The van der Waals surface area contributed by atoms with Crippen LogP contribution < -0.4 is 0 Å². The van der Waals surface area contributed by atoms with E-state index in [0.29, 0.717) is 6.04 Å². The number of nitrogens with zero attached hydrogens (tertiary/aromatic N) is 4. The Kier molecular flexibility index (Phi) is 2.85. The van der Waals surface area contributed by atoms with Crippen molar-refractivity contribution in [3.05, 3.63) is 54.1 Å². The van der Waals surface area contributed by atoms with Gasteiger partial charge in [0, 0.05) is 20.5 Å². The molecule has 1 aromatic carbocycles. The van der Waals surface area contributed by atoms with E-state index < -0.39 is 0 Å². The van der Waals surface area contributed by atoms with Gasteiger partial charge in [0.1, 0.15) is 5.82 Å². The van der Waals surface area contributed by atoms with Gasteiger partial charge < -0.3 is 4.90 Å². The molecule has 0 aliphatic carbocycles. The van der Waals surface area contributed by atoms with Crippen LogP contribution in [0.4, 0.5) is 0 Å². The first-order valence-electron chi connectivity index (χ1n) is 6.54. The fraction of sp³-hybridized carbons (Fsp3) is 0.333. The molecular formula is C15H18N4. The Labute approximate surface area is 113 Å². The maximum absolute atomic E-state index is 4.63. The topological polar surface area (TPSA) is 34.0 Å². The lowest BCUT2D eigenvalue weighted by atomic mass is 10.1. The predicted octanol–water partition coefficient (Wildman–Crippen LogP) is 2.35. The average molecular weight is 254 g/mol. The fourth-order valence-electron chi connectivity index (χ4n) is 2.47. The van der Waals surface area contributed by atoms with Crippen LogP contribution in [0.25, 0.3) is 5.70 Å². The summed E-state index contributed by atoms with van der Waals surface area (Å²) in [6.07, 6.45) is 2.06. The highest BCUT2D eigenvalue weighted by atomic mass is 15.4. The summed E-state index contributed by atoms with van der Waals surface area (Å²) in [4.78, 5) is 6.55. The zero-order valence-corrected chi connectivity index (χ0v) is 11.4. The lowest BCUT2D eigenvalue weighted by Crippen LogP contribution is -2.12. The molecule has 0 saturated carbocycles. The van der Waals surface area contributed by atoms with E-state index >= 15 is 0 Å². The summed E-state index contributed by atoms with van der Waals surface area (Å²) < 4.78 is 2.05. The Morgan fingerprint density at radius 1 is 1.32 bits per heavy atom. The van der Waals surface area contributed by atoms with Gasteiger partial charge in [-0.25, -0.2) is 9.67 Å². The van der Waals surface area contributed by atoms with E-state index in [1.165, 1.54) is 5.56 Å². The molecule has 3 rings (SSSR count). The van der Waals surface area contributed by atoms with Crippen molar-refractivity contribution >= 4 is 5.70 Å². The Hall–Kier alpha value is -2.10. The maximum atomic E-state index is 4.63. The number of hydrogen-bond donors (Lipinski definition) is 0. The minimum Gasteiger partial charge on any atom is -0.375 e. The Morgan fingerprint density at radius 3 is 2.74 bits per heavy atom. The van der Waals surface area contributed by atoms with Crippen LogP contribution >= 0.6 is 0 Å². The quantitative estimate of drug-likeness (QED) is 0.843. The summed E-state index contributed by atoms with van der Waals surface area (Å²) in [6, 6.07) is 10.8. The van der Waals surface area contributed by atoms with Crippen LogP contribution in [0.2, 0.25) is 0 Å². The third kappa shape index (κ3) is 2.03. The molecule has 2 aromatic rings. The van der Waals surface area contributed by atoms with Crippen molar-refractivity contribution < 1.29 is 0 Å². The van der Waals surface area contributed by atoms with Crippen LogP contribution in [0.15, 0.2) is 36.9 Å². The smallest absolute Gasteiger partial charge is 0.197 e. The van der Waals surface area contributed by atoms with Gasteiger partial charge in [-0.05, 0) is 12.0 Å². The van der Waals surface area contributed by atoms with Gasteiger partial charge in [0.05, 0.1) is 11.7 Å². The van der Waals surface area contributed by atoms with Gasteiger partial charge in [-0.2, -0.15) is 0 Å². The number of aromatic nitrogens is 3. The molecule has 19 heavy (non-hydrogen) atoms. The summed E-state index contributed by atoms with van der Waals surface area (Å²) in [5.74, 6) is 1.80. The second-order valence-electron chi connectivity index (χ2n) is 5.10. The number of aryl methyl sites for hydroxylation is 1. The molecule has 4 heteroatoms. The summed E-state index contributed by atoms with van der Waals surface area (Å²) in [7, 11) is 3.92. The van der Waals surface area contributed by atoms with Gasteiger partial charge in [-0.1, -0.05) is 36.9 Å². The summed E-state index contributed by atoms with van der Waals surface area (Å²) in [5.41, 5.74) is 2.15. The highest BCUT2D eigenvalue weighted by Gasteiger charge is 2.27. The van der Waals surface area contributed by atoms with Crippen molar-refractivity contribution in [1.29, 1.82) is 0 Å². The van der Waals surface area contributed by atoms with E-state index in [-0.39, 0.29) is 0 Å². The minimum atomic E-state index is 0.312. The van der Waals surface area contributed by atoms with Gasteiger partial charge in [-0.15, -0.1) is 5.10 Å². The highest BCUT2D eigenvalue weighted by molar-refractivity contribution is 5.54. The Morgan fingerprint density at radius 2 is 2.05 bits per heavy atom. The molecule has 0 fully saturated rings. The third-order valence-corrected chi connectivity index (χ3v) is 3.62. The van der Waals surface area contributed by atoms with Gasteiger partial charge in [0.25, 0.3) is 0 Å². The summed E-state index contributed by atoms with van der Waals surface area (Å²) >= 11 is 0. The molecule has 1 aromatic heterocycles. The normalized spacial score (nSPS) is 17.3. The SMILES string of the molecule is C=C(c1nc2n(n1)C(c1ccccc1)CC2)N(C)C. The molecule has 2 heterocycles. The van der Waals surface area contributed by atoms with Crippen molar-refractivity contribution in [3.63, 3.8) is 0 Å². The molecule has 98 valence electrons. The molecule has 1 atom stereocenters. The zero-order valence-electron chi connectivity index (χ0n) is 11.4. The van der Waals surface area contributed by atoms with Crippen LogP contribution in [0.5, 0.6) is 0 Å². The number of rotatable bonds is 3. The highest BCUT2D eigenvalue weighted by Crippen LogP contribution is 2.30. The van der Waals surface area contributed by atoms with Gasteiger partial charge in [0.15, 0.2) is 5.82 Å². The summed E-state index contributed by atoms with van der Waals surface area (Å²) in [5, 5.41) is 4.63. The Bertz CT molecular complexity index is 598. The van der Waals surface area contributed by atoms with Crippen molar-refractivity contribution in [2.24, 2.45) is 0 Å². The summed E-state index contributed by atoms with van der Waals surface area (Å²) in [6.45, 7) is 4.02. The molecule has 0 spiro atoms. The van der Waals surface area contributed by atoms with Gasteiger partial charge in [0.2, 0.25) is 0 Å². The zero-order chi connectivity index (χ0) is 13.4. The standard InChI is InChI=1S/C15H18N4/c1-11(18(2)3)15-16-14-10-9-13(19(14)17-15)12-7-5-4-6-8-12/h4-8,13H,1,9-10H2,2-3H3. The van der Waals surface area contributed by atoms with Crippen molar-refractivity contribution in [1.82, 2.24) is 19.7 Å². The molecule has 0 radical (unpaired) electrons. The first-order chi connectivity index (χ1) is 9.16. The van der Waals surface area contributed by atoms with Crippen LogP contribution in [0, 0.1) is 0 Å². The first kappa shape index (κ1) is 12.0. The number of fused-ring (bicyclic) bond motifs is 1. The van der Waals surface area contributed by atoms with Crippen LogP contribution in [-0.2, 0) is 6.42 Å². The lowest BCUT2D eigenvalue weighted by Gasteiger charge is -2.13. The second-order valence-corrected chi connectivity index (χ2v) is 5.10. The monoisotopic (exact) mass is 254 g/mol. The molecule has 1 aliphatic heterocycles. The molecule has 0 N–H and O–H groups in total. The largest absolute Gasteiger partial charge is 0.375 e. The molecule has 0 bridgehead atoms. The average Bonchev–Trinajstić information content (AvgIpc) is 2.98. The van der Waals surface area contributed by atoms with E-state index in [1.807, 2.05) is 25.1 Å². The molecule has 0 amide bonds. The molecule has 1 unspecified atom stereocenters. The van der Waals surface area contributed by atoms with Gasteiger partial charge in [-0.3, -0.25) is 0 Å².